The van der Waals surface area contributed by atoms with Crippen LogP contribution in [0.2, 0.25) is 0 Å². The average Bonchev–Trinajstić information content (AvgIpc) is 3.29. The molecule has 2 heterocycles. The summed E-state index contributed by atoms with van der Waals surface area (Å²) in [6.07, 6.45) is 9.28. The fourth-order valence-electron chi connectivity index (χ4n) is 4.84. The highest BCUT2D eigenvalue weighted by Gasteiger charge is 2.41. The van der Waals surface area contributed by atoms with Gasteiger partial charge in [-0.2, -0.15) is 0 Å². The van der Waals surface area contributed by atoms with Crippen LogP contribution in [-0.4, -0.2) is 65.6 Å². The third-order valence-electron chi connectivity index (χ3n) is 6.50. The normalized spacial score (nSPS) is 25.6. The number of nitrogens with zero attached hydrogens (tertiary/aromatic N) is 2. The van der Waals surface area contributed by atoms with E-state index >= 15 is 0 Å². The minimum atomic E-state index is -0.337. The van der Waals surface area contributed by atoms with Crippen molar-refractivity contribution in [1.82, 2.24) is 15.1 Å². The largest absolute Gasteiger partial charge is 0.355 e. The molecule has 1 aromatic rings. The Morgan fingerprint density at radius 1 is 1.16 bits per heavy atom. The first-order valence-electron chi connectivity index (χ1n) is 11.5. The second-order valence-electron chi connectivity index (χ2n) is 8.72. The second-order valence-corrected chi connectivity index (χ2v) is 10.0. The summed E-state index contributed by atoms with van der Waals surface area (Å²) in [5.41, 5.74) is 0.416. The summed E-state index contributed by atoms with van der Waals surface area (Å²) >= 11 is 1.56. The first-order valence-corrected chi connectivity index (χ1v) is 12.4. The molecule has 0 aromatic heterocycles. The SMILES string of the molecule is O=C(CN1C(=O)/C(=C/c2ccccc2F)SC2CCCCC21)NCCCN1CCCC1. The number of carbonyl (C=O) groups is 2. The Hall–Kier alpha value is -1.86. The van der Waals surface area contributed by atoms with E-state index in [0.29, 0.717) is 17.0 Å². The number of hydrogen-bond donors (Lipinski definition) is 1. The van der Waals surface area contributed by atoms with Gasteiger partial charge in [0.05, 0.1) is 4.91 Å². The van der Waals surface area contributed by atoms with Crippen molar-refractivity contribution in [1.29, 1.82) is 0 Å². The molecule has 1 aromatic carbocycles. The van der Waals surface area contributed by atoms with Crippen molar-refractivity contribution in [3.8, 4) is 0 Å². The van der Waals surface area contributed by atoms with E-state index in [4.69, 9.17) is 0 Å². The molecule has 0 bridgehead atoms. The average molecular weight is 446 g/mol. The molecule has 2 aliphatic heterocycles. The molecule has 31 heavy (non-hydrogen) atoms. The molecule has 0 radical (unpaired) electrons. The van der Waals surface area contributed by atoms with Gasteiger partial charge in [0, 0.05) is 23.4 Å². The van der Waals surface area contributed by atoms with E-state index in [1.165, 1.54) is 18.9 Å². The molecule has 1 N–H and O–H groups in total. The summed E-state index contributed by atoms with van der Waals surface area (Å²) in [7, 11) is 0. The molecule has 2 amide bonds. The molecule has 168 valence electrons. The van der Waals surface area contributed by atoms with Crippen molar-refractivity contribution in [2.75, 3.05) is 32.7 Å². The van der Waals surface area contributed by atoms with Gasteiger partial charge >= 0.3 is 0 Å². The minimum Gasteiger partial charge on any atom is -0.355 e. The van der Waals surface area contributed by atoms with Crippen LogP contribution in [0, 0.1) is 5.82 Å². The molecule has 2 unspecified atom stereocenters. The number of fused-ring (bicyclic) bond motifs is 1. The zero-order valence-corrected chi connectivity index (χ0v) is 18.8. The molecule has 5 nitrogen and oxygen atoms in total. The van der Waals surface area contributed by atoms with Gasteiger partial charge in [-0.1, -0.05) is 31.0 Å². The van der Waals surface area contributed by atoms with Crippen LogP contribution >= 0.6 is 11.8 Å². The molecule has 3 aliphatic rings. The Bertz CT molecular complexity index is 825. The summed E-state index contributed by atoms with van der Waals surface area (Å²) in [5, 5.41) is 3.27. The number of amides is 2. The van der Waals surface area contributed by atoms with E-state index in [-0.39, 0.29) is 35.5 Å². The lowest BCUT2D eigenvalue weighted by atomic mass is 9.93. The van der Waals surface area contributed by atoms with Crippen LogP contribution in [0.15, 0.2) is 29.2 Å². The number of carbonyl (C=O) groups excluding carboxylic acids is 2. The molecule has 0 spiro atoms. The van der Waals surface area contributed by atoms with Crippen LogP contribution in [0.25, 0.3) is 6.08 Å². The van der Waals surface area contributed by atoms with Crippen molar-refractivity contribution < 1.29 is 14.0 Å². The summed E-state index contributed by atoms with van der Waals surface area (Å²) in [4.78, 5) is 30.6. The van der Waals surface area contributed by atoms with Gasteiger partial charge in [-0.3, -0.25) is 9.59 Å². The van der Waals surface area contributed by atoms with Gasteiger partial charge in [0.15, 0.2) is 0 Å². The van der Waals surface area contributed by atoms with Crippen molar-refractivity contribution in [2.24, 2.45) is 0 Å². The van der Waals surface area contributed by atoms with Crippen LogP contribution in [0.1, 0.15) is 50.5 Å². The summed E-state index contributed by atoms with van der Waals surface area (Å²) in [6.45, 7) is 4.05. The molecule has 2 saturated heterocycles. The van der Waals surface area contributed by atoms with E-state index in [0.717, 1.165) is 51.7 Å². The van der Waals surface area contributed by atoms with E-state index in [2.05, 4.69) is 10.2 Å². The van der Waals surface area contributed by atoms with Crippen molar-refractivity contribution >= 4 is 29.7 Å². The van der Waals surface area contributed by atoms with Crippen LogP contribution in [0.3, 0.4) is 0 Å². The predicted octanol–water partition coefficient (Wildman–Crippen LogP) is 3.66. The van der Waals surface area contributed by atoms with Gasteiger partial charge in [0.1, 0.15) is 12.4 Å². The summed E-state index contributed by atoms with van der Waals surface area (Å²) < 4.78 is 14.2. The van der Waals surface area contributed by atoms with Gasteiger partial charge in [0.25, 0.3) is 5.91 Å². The Labute approximate surface area is 188 Å². The Morgan fingerprint density at radius 3 is 2.74 bits per heavy atom. The molecule has 1 saturated carbocycles. The molecular weight excluding hydrogens is 413 g/mol. The molecule has 7 heteroatoms. The van der Waals surface area contributed by atoms with E-state index in [1.807, 2.05) is 0 Å². The predicted molar refractivity (Wildman–Crippen MR) is 123 cm³/mol. The lowest BCUT2D eigenvalue weighted by Gasteiger charge is -2.43. The molecule has 4 rings (SSSR count). The number of halogens is 1. The number of rotatable bonds is 7. The Morgan fingerprint density at radius 2 is 1.94 bits per heavy atom. The topological polar surface area (TPSA) is 52.7 Å². The first kappa shape index (κ1) is 22.3. The fraction of sp³-hybridized carbons (Fsp3) is 0.583. The molecular formula is C24H32FN3O2S. The quantitative estimate of drug-likeness (QED) is 0.514. The maximum absolute atomic E-state index is 14.2. The first-order chi connectivity index (χ1) is 15.1. The van der Waals surface area contributed by atoms with Gasteiger partial charge in [0.2, 0.25) is 5.91 Å². The minimum absolute atomic E-state index is 0.0822. The van der Waals surface area contributed by atoms with Crippen LogP contribution in [-0.2, 0) is 9.59 Å². The highest BCUT2D eigenvalue weighted by molar-refractivity contribution is 8.04. The zero-order valence-electron chi connectivity index (χ0n) is 18.0. The Kier molecular flexibility index (Phi) is 7.67. The van der Waals surface area contributed by atoms with Gasteiger partial charge in [-0.25, -0.2) is 4.39 Å². The standard InChI is InChI=1S/C24H32FN3O2S/c25-19-9-2-1-8-18(19)16-22-24(30)28(20-10-3-4-11-21(20)31-22)17-23(29)26-12-7-15-27-13-5-6-14-27/h1-2,8-9,16,20-21H,3-7,10-15,17H2,(H,26,29)/b22-16-. The molecule has 2 atom stereocenters. The lowest BCUT2D eigenvalue weighted by Crippen LogP contribution is -2.54. The number of nitrogens with one attached hydrogen (secondary N) is 1. The highest BCUT2D eigenvalue weighted by atomic mass is 32.2. The zero-order chi connectivity index (χ0) is 21.6. The monoisotopic (exact) mass is 445 g/mol. The third kappa shape index (κ3) is 5.69. The van der Waals surface area contributed by atoms with E-state index in [1.54, 1.807) is 40.9 Å². The molecule has 3 fully saturated rings. The number of benzene rings is 1. The van der Waals surface area contributed by atoms with Gasteiger partial charge in [-0.15, -0.1) is 11.8 Å². The van der Waals surface area contributed by atoms with Crippen LogP contribution in [0.5, 0.6) is 0 Å². The van der Waals surface area contributed by atoms with E-state index in [9.17, 15) is 14.0 Å². The number of thioether (sulfide) groups is 1. The third-order valence-corrected chi connectivity index (χ3v) is 7.89. The van der Waals surface area contributed by atoms with Gasteiger partial charge < -0.3 is 15.1 Å². The smallest absolute Gasteiger partial charge is 0.261 e. The number of hydrogen-bond acceptors (Lipinski definition) is 4. The fourth-order valence-corrected chi connectivity index (χ4v) is 6.31. The lowest BCUT2D eigenvalue weighted by molar-refractivity contribution is -0.135. The summed E-state index contributed by atoms with van der Waals surface area (Å²) in [6, 6.07) is 6.58. The van der Waals surface area contributed by atoms with Crippen molar-refractivity contribution in [2.45, 2.75) is 56.2 Å². The van der Waals surface area contributed by atoms with Crippen molar-refractivity contribution in [3.63, 3.8) is 0 Å². The molecule has 1 aliphatic carbocycles. The maximum Gasteiger partial charge on any atom is 0.261 e. The van der Waals surface area contributed by atoms with Gasteiger partial charge in [-0.05, 0) is 63.9 Å². The van der Waals surface area contributed by atoms with Crippen molar-refractivity contribution in [3.05, 3.63) is 40.6 Å². The van der Waals surface area contributed by atoms with Crippen LogP contribution in [0.4, 0.5) is 4.39 Å². The summed E-state index contributed by atoms with van der Waals surface area (Å²) in [5.74, 6) is -0.587. The number of likely N-dealkylation sites (tertiary alicyclic amines) is 1. The van der Waals surface area contributed by atoms with E-state index < -0.39 is 0 Å². The Balaban J connectivity index is 1.39. The van der Waals surface area contributed by atoms with Crippen LogP contribution < -0.4 is 5.32 Å². The maximum atomic E-state index is 14.2. The second kappa shape index (κ2) is 10.6. The highest BCUT2D eigenvalue weighted by Crippen LogP contribution is 2.42.